The Hall–Kier alpha value is -2.55. The van der Waals surface area contributed by atoms with Crippen LogP contribution < -0.4 is 16.4 Å². The quantitative estimate of drug-likeness (QED) is 0.518. The van der Waals surface area contributed by atoms with Gasteiger partial charge in [0.15, 0.2) is 0 Å². The Balaban J connectivity index is 1.42. The summed E-state index contributed by atoms with van der Waals surface area (Å²) in [4.78, 5) is 24.2. The maximum absolute atomic E-state index is 11.7. The first-order valence-electron chi connectivity index (χ1n) is 9.96. The summed E-state index contributed by atoms with van der Waals surface area (Å²) in [6, 6.07) is 10.1. The Morgan fingerprint density at radius 3 is 3.14 bits per heavy atom. The summed E-state index contributed by atoms with van der Waals surface area (Å²) in [5.74, 6) is 0.215. The van der Waals surface area contributed by atoms with Gasteiger partial charge in [-0.1, -0.05) is 6.07 Å². The SMILES string of the molecule is CC1CNCCN1CCCNc1nccc(-c2cc3c(C(N)=O)cccc3s2)n1. The Morgan fingerprint density at radius 1 is 1.41 bits per heavy atom. The lowest BCUT2D eigenvalue weighted by molar-refractivity contribution is 0.100. The molecule has 1 atom stereocenters. The van der Waals surface area contributed by atoms with Gasteiger partial charge in [-0.3, -0.25) is 9.69 Å². The molecule has 2 aromatic heterocycles. The van der Waals surface area contributed by atoms with Crippen molar-refractivity contribution in [3.05, 3.63) is 42.1 Å². The fraction of sp³-hybridized carbons (Fsp3) is 0.381. The fourth-order valence-electron chi connectivity index (χ4n) is 3.68. The number of benzene rings is 1. The number of hydrogen-bond donors (Lipinski definition) is 3. The molecule has 152 valence electrons. The number of thiophene rings is 1. The second kappa shape index (κ2) is 8.86. The third-order valence-electron chi connectivity index (χ3n) is 5.28. The zero-order valence-corrected chi connectivity index (χ0v) is 17.3. The lowest BCUT2D eigenvalue weighted by Crippen LogP contribution is -2.50. The van der Waals surface area contributed by atoms with Crippen LogP contribution in [0.2, 0.25) is 0 Å². The second-order valence-electron chi connectivity index (χ2n) is 7.33. The van der Waals surface area contributed by atoms with Crippen LogP contribution in [-0.2, 0) is 0 Å². The molecule has 0 spiro atoms. The number of primary amides is 1. The molecule has 1 aliphatic heterocycles. The molecule has 1 saturated heterocycles. The van der Waals surface area contributed by atoms with Crippen molar-refractivity contribution in [2.45, 2.75) is 19.4 Å². The van der Waals surface area contributed by atoms with Gasteiger partial charge in [0.2, 0.25) is 11.9 Å². The summed E-state index contributed by atoms with van der Waals surface area (Å²) in [7, 11) is 0. The topological polar surface area (TPSA) is 96.2 Å². The van der Waals surface area contributed by atoms with Crippen molar-refractivity contribution in [1.82, 2.24) is 20.2 Å². The number of nitrogens with zero attached hydrogens (tertiary/aromatic N) is 3. The molecule has 1 fully saturated rings. The number of nitrogens with two attached hydrogens (primary N) is 1. The van der Waals surface area contributed by atoms with Crippen LogP contribution in [0.15, 0.2) is 36.5 Å². The number of amides is 1. The normalized spacial score (nSPS) is 17.5. The first-order valence-corrected chi connectivity index (χ1v) is 10.8. The van der Waals surface area contributed by atoms with Gasteiger partial charge in [-0.05, 0) is 37.6 Å². The summed E-state index contributed by atoms with van der Waals surface area (Å²) in [6.45, 7) is 7.40. The van der Waals surface area contributed by atoms with E-state index in [1.165, 1.54) is 0 Å². The van der Waals surface area contributed by atoms with Gasteiger partial charge in [-0.15, -0.1) is 11.3 Å². The number of aromatic nitrogens is 2. The van der Waals surface area contributed by atoms with E-state index in [9.17, 15) is 4.79 Å². The van der Waals surface area contributed by atoms with Gasteiger partial charge < -0.3 is 16.4 Å². The standard InChI is InChI=1S/C21H26N6OS/c1-14-13-23-9-11-27(14)10-3-7-24-21-25-8-6-17(26-21)19-12-16-15(20(22)28)4-2-5-18(16)29-19/h2,4-6,8,12,14,23H,3,7,9-11,13H2,1H3,(H2,22,28)(H,24,25,26). The minimum absolute atomic E-state index is 0.413. The molecule has 4 N–H and O–H groups in total. The summed E-state index contributed by atoms with van der Waals surface area (Å²) < 4.78 is 1.02. The van der Waals surface area contributed by atoms with Crippen molar-refractivity contribution in [1.29, 1.82) is 0 Å². The van der Waals surface area contributed by atoms with Gasteiger partial charge in [-0.2, -0.15) is 0 Å². The average molecular weight is 411 g/mol. The van der Waals surface area contributed by atoms with Crippen molar-refractivity contribution >= 4 is 33.3 Å². The van der Waals surface area contributed by atoms with Crippen LogP contribution in [0.25, 0.3) is 20.7 Å². The zero-order valence-electron chi connectivity index (χ0n) is 16.5. The summed E-state index contributed by atoms with van der Waals surface area (Å²) >= 11 is 1.60. The molecule has 3 heterocycles. The molecule has 1 aliphatic rings. The molecule has 3 aromatic rings. The van der Waals surface area contributed by atoms with Crippen LogP contribution in [0.5, 0.6) is 0 Å². The van der Waals surface area contributed by atoms with Gasteiger partial charge in [-0.25, -0.2) is 9.97 Å². The van der Waals surface area contributed by atoms with Gasteiger partial charge in [0, 0.05) is 60.6 Å². The minimum atomic E-state index is -0.413. The molecular formula is C21H26N6OS. The number of anilines is 1. The molecular weight excluding hydrogens is 384 g/mol. The van der Waals surface area contributed by atoms with Crippen molar-refractivity contribution in [2.75, 3.05) is 38.0 Å². The highest BCUT2D eigenvalue weighted by Gasteiger charge is 2.17. The highest BCUT2D eigenvalue weighted by molar-refractivity contribution is 7.22. The van der Waals surface area contributed by atoms with Crippen molar-refractivity contribution in [3.63, 3.8) is 0 Å². The summed E-state index contributed by atoms with van der Waals surface area (Å²) in [5.41, 5.74) is 6.89. The number of carbonyl (C=O) groups excluding carboxylic acids is 1. The second-order valence-corrected chi connectivity index (χ2v) is 8.41. The van der Waals surface area contributed by atoms with E-state index in [2.05, 4.69) is 32.4 Å². The van der Waals surface area contributed by atoms with Crippen LogP contribution >= 0.6 is 11.3 Å². The van der Waals surface area contributed by atoms with Crippen LogP contribution in [0.3, 0.4) is 0 Å². The van der Waals surface area contributed by atoms with E-state index in [-0.39, 0.29) is 0 Å². The molecule has 1 aromatic carbocycles. The number of piperazine rings is 1. The predicted molar refractivity (Wildman–Crippen MR) is 118 cm³/mol. The van der Waals surface area contributed by atoms with E-state index in [4.69, 9.17) is 5.73 Å². The number of carbonyl (C=O) groups is 1. The number of fused-ring (bicyclic) bond motifs is 1. The van der Waals surface area contributed by atoms with E-state index in [0.29, 0.717) is 17.6 Å². The molecule has 7 nitrogen and oxygen atoms in total. The molecule has 4 rings (SSSR count). The Labute approximate surface area is 174 Å². The van der Waals surface area contributed by atoms with Crippen molar-refractivity contribution < 1.29 is 4.79 Å². The molecule has 1 unspecified atom stereocenters. The average Bonchev–Trinajstić information content (AvgIpc) is 3.17. The van der Waals surface area contributed by atoms with E-state index in [0.717, 1.165) is 59.8 Å². The van der Waals surface area contributed by atoms with E-state index < -0.39 is 5.91 Å². The van der Waals surface area contributed by atoms with Crippen LogP contribution in [0.4, 0.5) is 5.95 Å². The van der Waals surface area contributed by atoms with E-state index in [1.54, 1.807) is 23.6 Å². The number of hydrogen-bond acceptors (Lipinski definition) is 7. The third kappa shape index (κ3) is 4.55. The smallest absolute Gasteiger partial charge is 0.249 e. The molecule has 0 aliphatic carbocycles. The fourth-order valence-corrected chi connectivity index (χ4v) is 4.74. The van der Waals surface area contributed by atoms with Crippen LogP contribution in [-0.4, -0.2) is 59.5 Å². The van der Waals surface area contributed by atoms with Crippen molar-refractivity contribution in [2.24, 2.45) is 5.73 Å². The first kappa shape index (κ1) is 19.8. The van der Waals surface area contributed by atoms with Gasteiger partial charge in [0.1, 0.15) is 0 Å². The van der Waals surface area contributed by atoms with Gasteiger partial charge in [0.05, 0.1) is 10.6 Å². The maximum Gasteiger partial charge on any atom is 0.249 e. The maximum atomic E-state index is 11.7. The number of rotatable bonds is 7. The van der Waals surface area contributed by atoms with Crippen molar-refractivity contribution in [3.8, 4) is 10.6 Å². The molecule has 29 heavy (non-hydrogen) atoms. The molecule has 0 bridgehead atoms. The lowest BCUT2D eigenvalue weighted by Gasteiger charge is -2.33. The molecule has 0 saturated carbocycles. The highest BCUT2D eigenvalue weighted by atomic mass is 32.1. The Kier molecular flexibility index (Phi) is 6.03. The number of nitrogens with one attached hydrogen (secondary N) is 2. The third-order valence-corrected chi connectivity index (χ3v) is 6.40. The first-order chi connectivity index (χ1) is 14.1. The van der Waals surface area contributed by atoms with E-state index in [1.807, 2.05) is 24.3 Å². The molecule has 8 heteroatoms. The minimum Gasteiger partial charge on any atom is -0.366 e. The summed E-state index contributed by atoms with van der Waals surface area (Å²) in [6.07, 6.45) is 2.81. The van der Waals surface area contributed by atoms with Gasteiger partial charge >= 0.3 is 0 Å². The van der Waals surface area contributed by atoms with Gasteiger partial charge in [0.25, 0.3) is 0 Å². The molecule has 1 amide bonds. The predicted octanol–water partition coefficient (Wildman–Crippen LogP) is 2.55. The Morgan fingerprint density at radius 2 is 2.31 bits per heavy atom. The largest absolute Gasteiger partial charge is 0.366 e. The lowest BCUT2D eigenvalue weighted by atomic mass is 10.1. The Bertz CT molecular complexity index is 1000. The summed E-state index contributed by atoms with van der Waals surface area (Å²) in [5, 5.41) is 7.63. The molecule has 0 radical (unpaired) electrons. The van der Waals surface area contributed by atoms with Crippen LogP contribution in [0.1, 0.15) is 23.7 Å². The highest BCUT2D eigenvalue weighted by Crippen LogP contribution is 2.34. The zero-order chi connectivity index (χ0) is 20.2. The monoisotopic (exact) mass is 410 g/mol. The van der Waals surface area contributed by atoms with Crippen LogP contribution in [0, 0.1) is 0 Å². The van der Waals surface area contributed by atoms with E-state index >= 15 is 0 Å².